The smallest absolute Gasteiger partial charge is 0.120 e. The minimum absolute atomic E-state index is 0.310. The van der Waals surface area contributed by atoms with Crippen LogP contribution in [0.3, 0.4) is 0 Å². The Bertz CT molecular complexity index is 335. The first-order valence-electron chi connectivity index (χ1n) is 7.82. The molecule has 1 fully saturated rings. The topological polar surface area (TPSA) is 28.4 Å². The molecule has 1 aliphatic heterocycles. The van der Waals surface area contributed by atoms with Gasteiger partial charge < -0.3 is 9.73 Å². The van der Waals surface area contributed by atoms with E-state index in [-0.39, 0.29) is 0 Å². The van der Waals surface area contributed by atoms with Crippen molar-refractivity contribution < 1.29 is 4.42 Å². The standard InChI is InChI=1S/C16H28N2O/c1-3-7-15-8-4-5-11-18(15)12-10-17-14(2)16-9-6-13-19-16/h6,9,13-15,17H,3-5,7-8,10-12H2,1-2H3. The molecule has 19 heavy (non-hydrogen) atoms. The lowest BCUT2D eigenvalue weighted by Gasteiger charge is -2.36. The molecule has 1 aromatic heterocycles. The predicted molar refractivity (Wildman–Crippen MR) is 79.2 cm³/mol. The van der Waals surface area contributed by atoms with Crippen LogP contribution in [0.25, 0.3) is 0 Å². The molecule has 1 saturated heterocycles. The van der Waals surface area contributed by atoms with Crippen LogP contribution in [0.15, 0.2) is 22.8 Å². The van der Waals surface area contributed by atoms with Gasteiger partial charge in [0.25, 0.3) is 0 Å². The largest absolute Gasteiger partial charge is 0.468 e. The summed E-state index contributed by atoms with van der Waals surface area (Å²) in [7, 11) is 0. The van der Waals surface area contributed by atoms with E-state index >= 15 is 0 Å². The van der Waals surface area contributed by atoms with E-state index in [4.69, 9.17) is 4.42 Å². The maximum atomic E-state index is 5.42. The number of likely N-dealkylation sites (tertiary alicyclic amines) is 1. The van der Waals surface area contributed by atoms with Gasteiger partial charge in [0.05, 0.1) is 12.3 Å². The highest BCUT2D eigenvalue weighted by Gasteiger charge is 2.21. The van der Waals surface area contributed by atoms with Gasteiger partial charge in [0.1, 0.15) is 5.76 Å². The molecule has 0 aromatic carbocycles. The summed E-state index contributed by atoms with van der Waals surface area (Å²) in [5.41, 5.74) is 0. The Morgan fingerprint density at radius 2 is 2.37 bits per heavy atom. The van der Waals surface area contributed by atoms with Gasteiger partial charge >= 0.3 is 0 Å². The third kappa shape index (κ3) is 4.36. The van der Waals surface area contributed by atoms with E-state index in [0.717, 1.165) is 24.9 Å². The molecule has 0 saturated carbocycles. The third-order valence-electron chi connectivity index (χ3n) is 4.19. The molecule has 3 heteroatoms. The number of hydrogen-bond acceptors (Lipinski definition) is 3. The van der Waals surface area contributed by atoms with Crippen LogP contribution in [-0.4, -0.2) is 30.6 Å². The number of nitrogens with one attached hydrogen (secondary N) is 1. The molecule has 2 rings (SSSR count). The van der Waals surface area contributed by atoms with Gasteiger partial charge in [-0.3, -0.25) is 4.90 Å². The number of furan rings is 1. The van der Waals surface area contributed by atoms with E-state index in [2.05, 4.69) is 24.1 Å². The normalized spacial score (nSPS) is 22.5. The Kier molecular flexibility index (Phi) is 5.93. The third-order valence-corrected chi connectivity index (χ3v) is 4.19. The van der Waals surface area contributed by atoms with Gasteiger partial charge in [-0.15, -0.1) is 0 Å². The zero-order valence-electron chi connectivity index (χ0n) is 12.4. The number of piperidine rings is 1. The molecule has 2 heterocycles. The van der Waals surface area contributed by atoms with Crippen LogP contribution in [0.4, 0.5) is 0 Å². The van der Waals surface area contributed by atoms with Gasteiger partial charge in [0, 0.05) is 19.1 Å². The highest BCUT2D eigenvalue weighted by atomic mass is 16.3. The van der Waals surface area contributed by atoms with Gasteiger partial charge in [0.2, 0.25) is 0 Å². The van der Waals surface area contributed by atoms with E-state index in [1.54, 1.807) is 6.26 Å². The summed E-state index contributed by atoms with van der Waals surface area (Å²) in [6.07, 6.45) is 8.58. The Labute approximate surface area is 117 Å². The first kappa shape index (κ1) is 14.6. The second-order valence-corrected chi connectivity index (χ2v) is 5.67. The van der Waals surface area contributed by atoms with Gasteiger partial charge in [-0.25, -0.2) is 0 Å². The fourth-order valence-corrected chi connectivity index (χ4v) is 3.08. The van der Waals surface area contributed by atoms with Crippen molar-refractivity contribution in [1.82, 2.24) is 10.2 Å². The summed E-state index contributed by atoms with van der Waals surface area (Å²) in [6.45, 7) is 7.95. The molecule has 0 bridgehead atoms. The molecule has 1 aromatic rings. The Hall–Kier alpha value is -0.800. The van der Waals surface area contributed by atoms with Gasteiger partial charge in [-0.05, 0) is 44.9 Å². The molecule has 1 N–H and O–H groups in total. The average molecular weight is 264 g/mol. The Morgan fingerprint density at radius 1 is 1.47 bits per heavy atom. The SMILES string of the molecule is CCCC1CCCCN1CCNC(C)c1ccco1. The van der Waals surface area contributed by atoms with Crippen LogP contribution in [0.5, 0.6) is 0 Å². The summed E-state index contributed by atoms with van der Waals surface area (Å²) in [5.74, 6) is 1.03. The van der Waals surface area contributed by atoms with Crippen molar-refractivity contribution in [3.8, 4) is 0 Å². The second kappa shape index (κ2) is 7.71. The first-order chi connectivity index (χ1) is 9.31. The summed E-state index contributed by atoms with van der Waals surface area (Å²) in [6, 6.07) is 5.12. The van der Waals surface area contributed by atoms with E-state index in [9.17, 15) is 0 Å². The van der Waals surface area contributed by atoms with E-state index in [1.807, 2.05) is 12.1 Å². The number of nitrogens with zero attached hydrogens (tertiary/aromatic N) is 1. The number of hydrogen-bond donors (Lipinski definition) is 1. The van der Waals surface area contributed by atoms with Crippen molar-refractivity contribution in [3.05, 3.63) is 24.2 Å². The quantitative estimate of drug-likeness (QED) is 0.816. The molecule has 2 atom stereocenters. The molecular formula is C16H28N2O. The summed E-state index contributed by atoms with van der Waals surface area (Å²) < 4.78 is 5.42. The summed E-state index contributed by atoms with van der Waals surface area (Å²) >= 11 is 0. The minimum Gasteiger partial charge on any atom is -0.468 e. The lowest BCUT2D eigenvalue weighted by Crippen LogP contribution is -2.43. The van der Waals surface area contributed by atoms with Gasteiger partial charge in [-0.2, -0.15) is 0 Å². The van der Waals surface area contributed by atoms with Crippen LogP contribution in [0.2, 0.25) is 0 Å². The Morgan fingerprint density at radius 3 is 3.11 bits per heavy atom. The van der Waals surface area contributed by atoms with Crippen molar-refractivity contribution in [3.63, 3.8) is 0 Å². The average Bonchev–Trinajstić information content (AvgIpc) is 2.95. The van der Waals surface area contributed by atoms with E-state index in [0.29, 0.717) is 6.04 Å². The fourth-order valence-electron chi connectivity index (χ4n) is 3.08. The molecule has 108 valence electrons. The first-order valence-corrected chi connectivity index (χ1v) is 7.82. The molecule has 0 aliphatic carbocycles. The fraction of sp³-hybridized carbons (Fsp3) is 0.750. The Balaban J connectivity index is 1.71. The molecule has 2 unspecified atom stereocenters. The van der Waals surface area contributed by atoms with Crippen LogP contribution in [0, 0.1) is 0 Å². The highest BCUT2D eigenvalue weighted by Crippen LogP contribution is 2.20. The van der Waals surface area contributed by atoms with Crippen molar-refractivity contribution in [2.24, 2.45) is 0 Å². The number of rotatable bonds is 7. The lowest BCUT2D eigenvalue weighted by molar-refractivity contribution is 0.139. The molecule has 0 spiro atoms. The van der Waals surface area contributed by atoms with Crippen molar-refractivity contribution >= 4 is 0 Å². The predicted octanol–water partition coefficient (Wildman–Crippen LogP) is 3.58. The maximum Gasteiger partial charge on any atom is 0.120 e. The van der Waals surface area contributed by atoms with Gasteiger partial charge in [0.15, 0.2) is 0 Å². The van der Waals surface area contributed by atoms with Crippen molar-refractivity contribution in [2.75, 3.05) is 19.6 Å². The zero-order valence-corrected chi connectivity index (χ0v) is 12.4. The van der Waals surface area contributed by atoms with E-state index < -0.39 is 0 Å². The van der Waals surface area contributed by atoms with Crippen LogP contribution in [0.1, 0.15) is 57.8 Å². The van der Waals surface area contributed by atoms with Crippen molar-refractivity contribution in [2.45, 2.75) is 58.0 Å². The van der Waals surface area contributed by atoms with Crippen LogP contribution in [-0.2, 0) is 0 Å². The zero-order chi connectivity index (χ0) is 13.5. The van der Waals surface area contributed by atoms with Crippen LogP contribution >= 0.6 is 0 Å². The second-order valence-electron chi connectivity index (χ2n) is 5.67. The lowest BCUT2D eigenvalue weighted by atomic mass is 9.98. The molecule has 0 amide bonds. The van der Waals surface area contributed by atoms with Crippen molar-refractivity contribution in [1.29, 1.82) is 0 Å². The summed E-state index contributed by atoms with van der Waals surface area (Å²) in [4.78, 5) is 2.68. The molecule has 1 aliphatic rings. The summed E-state index contributed by atoms with van der Waals surface area (Å²) in [5, 5.41) is 3.56. The molecular weight excluding hydrogens is 236 g/mol. The molecule has 0 radical (unpaired) electrons. The maximum absolute atomic E-state index is 5.42. The monoisotopic (exact) mass is 264 g/mol. The minimum atomic E-state index is 0.310. The van der Waals surface area contributed by atoms with Gasteiger partial charge in [-0.1, -0.05) is 19.8 Å². The molecule has 3 nitrogen and oxygen atoms in total. The highest BCUT2D eigenvalue weighted by molar-refractivity contribution is 5.02. The van der Waals surface area contributed by atoms with E-state index in [1.165, 1.54) is 38.6 Å². The van der Waals surface area contributed by atoms with Crippen LogP contribution < -0.4 is 5.32 Å².